The Kier molecular flexibility index (Phi) is 5.96. The van der Waals surface area contributed by atoms with Crippen LogP contribution >= 0.6 is 12.2 Å². The lowest BCUT2D eigenvalue weighted by atomic mass is 9.92. The molecule has 0 radical (unpaired) electrons. The molecule has 0 aliphatic carbocycles. The lowest BCUT2D eigenvalue weighted by Crippen LogP contribution is -2.50. The van der Waals surface area contributed by atoms with Gasteiger partial charge in [-0.2, -0.15) is 0 Å². The van der Waals surface area contributed by atoms with E-state index in [2.05, 4.69) is 5.32 Å². The first-order valence-electron chi connectivity index (χ1n) is 8.84. The maximum Gasteiger partial charge on any atom is 0.188 e. The van der Waals surface area contributed by atoms with Gasteiger partial charge in [-0.1, -0.05) is 36.4 Å². The molecule has 1 heterocycles. The van der Waals surface area contributed by atoms with Gasteiger partial charge in [-0.25, -0.2) is 5.84 Å². The summed E-state index contributed by atoms with van der Waals surface area (Å²) in [7, 11) is 1.59. The number of hydrogen-bond donors (Lipinski definition) is 2. The monoisotopic (exact) mass is 397 g/mol. The molecule has 146 valence electrons. The number of nitrogens with two attached hydrogens (primary N) is 1. The zero-order valence-corrected chi connectivity index (χ0v) is 16.9. The third-order valence-corrected chi connectivity index (χ3v) is 4.98. The van der Waals surface area contributed by atoms with E-state index in [-0.39, 0.29) is 5.78 Å². The van der Waals surface area contributed by atoms with Crippen LogP contribution in [0.15, 0.2) is 59.8 Å². The number of carbonyl (C=O) groups excluding carboxylic acids is 1. The van der Waals surface area contributed by atoms with Gasteiger partial charge < -0.3 is 14.8 Å². The van der Waals surface area contributed by atoms with Gasteiger partial charge in [-0.3, -0.25) is 9.80 Å². The molecular formula is C21H23N3O3S. The van der Waals surface area contributed by atoms with E-state index in [1.807, 2.05) is 48.5 Å². The highest BCUT2D eigenvalue weighted by Crippen LogP contribution is 2.35. The summed E-state index contributed by atoms with van der Waals surface area (Å²) in [6, 6.07) is 15.1. The molecule has 7 heteroatoms. The Balaban J connectivity index is 1.90. The number of rotatable bonds is 6. The summed E-state index contributed by atoms with van der Waals surface area (Å²) < 4.78 is 11.4. The van der Waals surface area contributed by atoms with E-state index in [1.165, 1.54) is 11.9 Å². The van der Waals surface area contributed by atoms with Crippen LogP contribution in [0.1, 0.15) is 31.0 Å². The number of methoxy groups -OCH3 is 1. The summed E-state index contributed by atoms with van der Waals surface area (Å²) in [5, 5.41) is 4.80. The number of nitrogens with one attached hydrogen (secondary N) is 1. The van der Waals surface area contributed by atoms with Gasteiger partial charge in [0.2, 0.25) is 0 Å². The van der Waals surface area contributed by atoms with Crippen LogP contribution in [0.4, 0.5) is 0 Å². The van der Waals surface area contributed by atoms with Gasteiger partial charge in [0, 0.05) is 11.3 Å². The number of benzene rings is 2. The number of ether oxygens (including phenoxy) is 2. The molecule has 2 aromatic rings. The molecule has 0 amide bonds. The first-order valence-corrected chi connectivity index (χ1v) is 9.25. The predicted molar refractivity (Wildman–Crippen MR) is 112 cm³/mol. The molecule has 0 aromatic heterocycles. The summed E-state index contributed by atoms with van der Waals surface area (Å²) in [6.45, 7) is 3.73. The highest BCUT2D eigenvalue weighted by atomic mass is 32.1. The maximum absolute atomic E-state index is 12.2. The zero-order valence-electron chi connectivity index (χ0n) is 16.1. The number of hydrogen-bond acceptors (Lipinski definition) is 5. The largest absolute Gasteiger partial charge is 0.493 e. The van der Waals surface area contributed by atoms with Crippen molar-refractivity contribution in [1.82, 2.24) is 10.3 Å². The van der Waals surface area contributed by atoms with Crippen molar-refractivity contribution in [3.8, 4) is 11.5 Å². The van der Waals surface area contributed by atoms with Crippen molar-refractivity contribution in [3.05, 3.63) is 70.9 Å². The molecule has 6 nitrogen and oxygen atoms in total. The van der Waals surface area contributed by atoms with Crippen molar-refractivity contribution < 1.29 is 14.3 Å². The number of ketones is 1. The fourth-order valence-electron chi connectivity index (χ4n) is 3.18. The number of Topliss-reactive ketones (excluding diaryl/α,β-unsaturated/α-hetero) is 1. The molecule has 0 saturated carbocycles. The second-order valence-corrected chi connectivity index (χ2v) is 6.88. The van der Waals surface area contributed by atoms with Gasteiger partial charge in [-0.05, 0) is 49.3 Å². The molecule has 0 bridgehead atoms. The molecule has 0 spiro atoms. The number of carbonyl (C=O) groups is 1. The third-order valence-electron chi connectivity index (χ3n) is 4.66. The van der Waals surface area contributed by atoms with Crippen LogP contribution < -0.4 is 20.6 Å². The third kappa shape index (κ3) is 4.00. The molecule has 0 unspecified atom stereocenters. The van der Waals surface area contributed by atoms with Gasteiger partial charge in [0.15, 0.2) is 22.4 Å². The van der Waals surface area contributed by atoms with E-state index >= 15 is 0 Å². The predicted octanol–water partition coefficient (Wildman–Crippen LogP) is 3.24. The average Bonchev–Trinajstić information content (AvgIpc) is 2.70. The van der Waals surface area contributed by atoms with E-state index in [0.29, 0.717) is 34.5 Å². The minimum atomic E-state index is -0.401. The first-order chi connectivity index (χ1) is 13.4. The summed E-state index contributed by atoms with van der Waals surface area (Å²) in [6.07, 6.45) is 0. The molecular weight excluding hydrogens is 374 g/mol. The van der Waals surface area contributed by atoms with Crippen LogP contribution in [0.25, 0.3) is 0 Å². The summed E-state index contributed by atoms with van der Waals surface area (Å²) in [5.41, 5.74) is 3.10. The van der Waals surface area contributed by atoms with Crippen molar-refractivity contribution >= 4 is 23.1 Å². The number of thiocarbonyl (C=S) groups is 1. The Bertz CT molecular complexity index is 928. The summed E-state index contributed by atoms with van der Waals surface area (Å²) in [5.74, 6) is 7.07. The van der Waals surface area contributed by atoms with Crippen LogP contribution in [0.5, 0.6) is 11.5 Å². The first kappa shape index (κ1) is 19.9. The van der Waals surface area contributed by atoms with Crippen molar-refractivity contribution in [3.63, 3.8) is 0 Å². The second kappa shape index (κ2) is 8.41. The second-order valence-electron chi connectivity index (χ2n) is 6.49. The molecule has 3 N–H and O–H groups in total. The number of allylic oxidation sites excluding steroid dienone is 1. The Morgan fingerprint density at radius 2 is 1.93 bits per heavy atom. The molecule has 1 aliphatic rings. The quantitative estimate of drug-likeness (QED) is 0.572. The molecule has 1 aliphatic heterocycles. The smallest absolute Gasteiger partial charge is 0.188 e. The van der Waals surface area contributed by atoms with Crippen molar-refractivity contribution in [2.75, 3.05) is 7.11 Å². The van der Waals surface area contributed by atoms with E-state index in [9.17, 15) is 4.79 Å². The molecule has 0 fully saturated rings. The van der Waals surface area contributed by atoms with Gasteiger partial charge >= 0.3 is 0 Å². The molecule has 0 saturated heterocycles. The Labute approximate surface area is 169 Å². The molecule has 2 aromatic carbocycles. The van der Waals surface area contributed by atoms with E-state index < -0.39 is 6.04 Å². The number of nitrogens with zero attached hydrogens (tertiary/aromatic N) is 1. The van der Waals surface area contributed by atoms with Crippen molar-refractivity contribution in [1.29, 1.82) is 0 Å². The lowest BCUT2D eigenvalue weighted by molar-refractivity contribution is -0.114. The number of hydrazine groups is 1. The van der Waals surface area contributed by atoms with Gasteiger partial charge in [0.1, 0.15) is 6.61 Å². The van der Waals surface area contributed by atoms with Crippen LogP contribution in [-0.2, 0) is 11.4 Å². The van der Waals surface area contributed by atoms with E-state index in [4.69, 9.17) is 27.5 Å². The Morgan fingerprint density at radius 1 is 1.21 bits per heavy atom. The normalized spacial score (nSPS) is 16.6. The standard InChI is InChI=1S/C21H23N3O3S/c1-13-19(14(2)25)20(23-21(28)24(13)22)16-9-10-17(18(11-16)26-3)27-12-15-7-5-4-6-8-15/h4-11,20H,12,22H2,1-3H3,(H,23,28)/t20-/m1/s1. The van der Waals surface area contributed by atoms with Crippen LogP contribution in [0.2, 0.25) is 0 Å². The van der Waals surface area contributed by atoms with Gasteiger partial charge in [0.05, 0.1) is 13.2 Å². The minimum absolute atomic E-state index is 0.0729. The molecule has 3 rings (SSSR count). The van der Waals surface area contributed by atoms with Crippen LogP contribution in [0.3, 0.4) is 0 Å². The summed E-state index contributed by atoms with van der Waals surface area (Å²) in [4.78, 5) is 12.2. The fourth-order valence-corrected chi connectivity index (χ4v) is 3.44. The molecule has 1 atom stereocenters. The fraction of sp³-hybridized carbons (Fsp3) is 0.238. The highest BCUT2D eigenvalue weighted by Gasteiger charge is 2.31. The van der Waals surface area contributed by atoms with Gasteiger partial charge in [0.25, 0.3) is 0 Å². The van der Waals surface area contributed by atoms with Crippen molar-refractivity contribution in [2.45, 2.75) is 26.5 Å². The van der Waals surface area contributed by atoms with Crippen molar-refractivity contribution in [2.24, 2.45) is 5.84 Å². The SMILES string of the molecule is COc1cc([C@H]2NC(=S)N(N)C(C)=C2C(C)=O)ccc1OCc1ccccc1. The zero-order chi connectivity index (χ0) is 20.3. The lowest BCUT2D eigenvalue weighted by Gasteiger charge is -2.35. The Hall–Kier alpha value is -2.90. The highest BCUT2D eigenvalue weighted by molar-refractivity contribution is 7.80. The Morgan fingerprint density at radius 3 is 2.57 bits per heavy atom. The topological polar surface area (TPSA) is 76.8 Å². The summed E-state index contributed by atoms with van der Waals surface area (Å²) >= 11 is 5.29. The van der Waals surface area contributed by atoms with E-state index in [0.717, 1.165) is 11.1 Å². The minimum Gasteiger partial charge on any atom is -0.493 e. The van der Waals surface area contributed by atoms with E-state index in [1.54, 1.807) is 14.0 Å². The van der Waals surface area contributed by atoms with Gasteiger partial charge in [-0.15, -0.1) is 0 Å². The maximum atomic E-state index is 12.2. The van der Waals surface area contributed by atoms with Crippen LogP contribution in [0, 0.1) is 0 Å². The van der Waals surface area contributed by atoms with Crippen LogP contribution in [-0.4, -0.2) is 23.0 Å². The molecule has 28 heavy (non-hydrogen) atoms. The average molecular weight is 398 g/mol.